The van der Waals surface area contributed by atoms with Gasteiger partial charge in [0.1, 0.15) is 11.6 Å². The van der Waals surface area contributed by atoms with Crippen molar-refractivity contribution in [3.63, 3.8) is 0 Å². The average Bonchev–Trinajstić information content (AvgIpc) is 2.58. The molecule has 0 heterocycles. The maximum atomic E-state index is 13.5. The molecule has 7 heteroatoms. The van der Waals surface area contributed by atoms with Gasteiger partial charge < -0.3 is 4.74 Å². The van der Waals surface area contributed by atoms with Gasteiger partial charge in [0.05, 0.1) is 12.7 Å². The Balaban J connectivity index is 1.87. The van der Waals surface area contributed by atoms with Crippen LogP contribution in [-0.2, 0) is 11.2 Å². The smallest absolute Gasteiger partial charge is 0.273 e. The summed E-state index contributed by atoms with van der Waals surface area (Å²) in [5.41, 5.74) is 5.25. The van der Waals surface area contributed by atoms with E-state index in [1.54, 1.807) is 24.3 Å². The molecule has 0 aromatic heterocycles. The molecular weight excluding hydrogens is 335 g/mol. The molecule has 2 aromatic carbocycles. The van der Waals surface area contributed by atoms with Crippen molar-refractivity contribution >= 4 is 23.4 Å². The highest BCUT2D eigenvalue weighted by Crippen LogP contribution is 2.22. The van der Waals surface area contributed by atoms with Crippen molar-refractivity contribution in [2.45, 2.75) is 12.8 Å². The molecule has 0 aliphatic carbocycles. The van der Waals surface area contributed by atoms with E-state index in [4.69, 9.17) is 16.3 Å². The van der Waals surface area contributed by atoms with Gasteiger partial charge in [-0.25, -0.2) is 4.39 Å². The summed E-state index contributed by atoms with van der Waals surface area (Å²) < 4.78 is 18.5. The van der Waals surface area contributed by atoms with E-state index in [0.29, 0.717) is 16.3 Å². The molecule has 2 rings (SSSR count). The number of hydrogen-bond acceptors (Lipinski definition) is 3. The van der Waals surface area contributed by atoms with Gasteiger partial charge in [-0.15, -0.1) is 0 Å². The van der Waals surface area contributed by atoms with Crippen LogP contribution < -0.4 is 15.6 Å². The summed E-state index contributed by atoms with van der Waals surface area (Å²) >= 11 is 5.83. The number of rotatable bonds is 5. The number of amides is 2. The standard InChI is InChI=1S/C17H16ClFN2O3/c1-24-15-10-12(18)7-8-13(15)17(23)21-20-16(22)9-6-11-4-2-3-5-14(11)19/h2-5,7-8,10H,6,9H2,1H3,(H,20,22)(H,21,23). The van der Waals surface area contributed by atoms with Crippen molar-refractivity contribution in [3.05, 3.63) is 64.4 Å². The predicted molar refractivity (Wildman–Crippen MR) is 88.3 cm³/mol. The summed E-state index contributed by atoms with van der Waals surface area (Å²) in [7, 11) is 1.41. The third kappa shape index (κ3) is 4.70. The lowest BCUT2D eigenvalue weighted by atomic mass is 10.1. The average molecular weight is 351 g/mol. The van der Waals surface area contributed by atoms with Gasteiger partial charge in [-0.1, -0.05) is 29.8 Å². The molecule has 2 N–H and O–H groups in total. The third-order valence-corrected chi connectivity index (χ3v) is 3.54. The normalized spacial score (nSPS) is 10.1. The number of carbonyl (C=O) groups excluding carboxylic acids is 2. The number of halogens is 2. The van der Waals surface area contributed by atoms with Crippen LogP contribution in [0.15, 0.2) is 42.5 Å². The first kappa shape index (κ1) is 17.7. The van der Waals surface area contributed by atoms with E-state index in [1.165, 1.54) is 25.3 Å². The van der Waals surface area contributed by atoms with Gasteiger partial charge in [0.25, 0.3) is 5.91 Å². The van der Waals surface area contributed by atoms with E-state index in [0.717, 1.165) is 0 Å². The molecular formula is C17H16ClFN2O3. The molecule has 2 aromatic rings. The Hall–Kier alpha value is -2.60. The van der Waals surface area contributed by atoms with Crippen LogP contribution in [0.1, 0.15) is 22.3 Å². The third-order valence-electron chi connectivity index (χ3n) is 3.30. The van der Waals surface area contributed by atoms with Crippen LogP contribution in [0.2, 0.25) is 5.02 Å². The molecule has 24 heavy (non-hydrogen) atoms. The number of benzene rings is 2. The summed E-state index contributed by atoms with van der Waals surface area (Å²) in [5, 5.41) is 0.428. The zero-order valence-electron chi connectivity index (χ0n) is 12.9. The number of hydrogen-bond donors (Lipinski definition) is 2. The van der Waals surface area contributed by atoms with Crippen LogP contribution in [0, 0.1) is 5.82 Å². The summed E-state index contributed by atoms with van der Waals surface area (Å²) in [5.74, 6) is -1.04. The van der Waals surface area contributed by atoms with Gasteiger partial charge in [0.2, 0.25) is 5.91 Å². The molecule has 0 aliphatic heterocycles. The number of aryl methyl sites for hydroxylation is 1. The maximum Gasteiger partial charge on any atom is 0.273 e. The summed E-state index contributed by atoms with van der Waals surface area (Å²) in [6.07, 6.45) is 0.275. The van der Waals surface area contributed by atoms with E-state index < -0.39 is 11.8 Å². The Morgan fingerprint density at radius 2 is 1.92 bits per heavy atom. The van der Waals surface area contributed by atoms with Gasteiger partial charge in [-0.3, -0.25) is 20.4 Å². The molecule has 0 saturated heterocycles. The highest BCUT2D eigenvalue weighted by molar-refractivity contribution is 6.30. The number of carbonyl (C=O) groups is 2. The van der Waals surface area contributed by atoms with Crippen LogP contribution in [0.3, 0.4) is 0 Å². The van der Waals surface area contributed by atoms with Crippen LogP contribution in [0.25, 0.3) is 0 Å². The Morgan fingerprint density at radius 1 is 1.17 bits per heavy atom. The van der Waals surface area contributed by atoms with Gasteiger partial charge in [-0.2, -0.15) is 0 Å². The van der Waals surface area contributed by atoms with Gasteiger partial charge in [0, 0.05) is 11.4 Å². The van der Waals surface area contributed by atoms with E-state index in [9.17, 15) is 14.0 Å². The van der Waals surface area contributed by atoms with E-state index >= 15 is 0 Å². The fraction of sp³-hybridized carbons (Fsp3) is 0.176. The fourth-order valence-corrected chi connectivity index (χ4v) is 2.22. The lowest BCUT2D eigenvalue weighted by Gasteiger charge is -2.10. The summed E-state index contributed by atoms with van der Waals surface area (Å²) in [6.45, 7) is 0. The lowest BCUT2D eigenvalue weighted by molar-refractivity contribution is -0.121. The Morgan fingerprint density at radius 3 is 2.62 bits per heavy atom. The van der Waals surface area contributed by atoms with Crippen molar-refractivity contribution in [3.8, 4) is 5.75 Å². The topological polar surface area (TPSA) is 67.4 Å². The molecule has 0 radical (unpaired) electrons. The molecule has 126 valence electrons. The minimum Gasteiger partial charge on any atom is -0.496 e. The van der Waals surface area contributed by atoms with Crippen LogP contribution in [0.4, 0.5) is 4.39 Å². The molecule has 0 unspecified atom stereocenters. The lowest BCUT2D eigenvalue weighted by Crippen LogP contribution is -2.41. The molecule has 0 saturated carbocycles. The summed E-state index contributed by atoms with van der Waals surface area (Å²) in [6, 6.07) is 10.8. The quantitative estimate of drug-likeness (QED) is 0.815. The Labute approximate surface area is 143 Å². The Bertz CT molecular complexity index is 752. The minimum absolute atomic E-state index is 0.0406. The molecule has 0 spiro atoms. The van der Waals surface area contributed by atoms with Crippen molar-refractivity contribution in [1.29, 1.82) is 0 Å². The largest absolute Gasteiger partial charge is 0.496 e. The first-order valence-corrected chi connectivity index (χ1v) is 7.55. The highest BCUT2D eigenvalue weighted by Gasteiger charge is 2.13. The zero-order valence-corrected chi connectivity index (χ0v) is 13.7. The first-order chi connectivity index (χ1) is 11.5. The van der Waals surface area contributed by atoms with Crippen LogP contribution in [0.5, 0.6) is 5.75 Å². The highest BCUT2D eigenvalue weighted by atomic mass is 35.5. The zero-order chi connectivity index (χ0) is 17.5. The van der Waals surface area contributed by atoms with Crippen LogP contribution in [-0.4, -0.2) is 18.9 Å². The molecule has 0 aliphatic rings. The van der Waals surface area contributed by atoms with Gasteiger partial charge in [0.15, 0.2) is 0 Å². The number of nitrogens with one attached hydrogen (secondary N) is 2. The number of ether oxygens (including phenoxy) is 1. The maximum absolute atomic E-state index is 13.5. The molecule has 0 fully saturated rings. The van der Waals surface area contributed by atoms with Crippen molar-refractivity contribution in [2.24, 2.45) is 0 Å². The fourth-order valence-electron chi connectivity index (χ4n) is 2.06. The molecule has 0 bridgehead atoms. The SMILES string of the molecule is COc1cc(Cl)ccc1C(=O)NNC(=O)CCc1ccccc1F. The minimum atomic E-state index is -0.539. The van der Waals surface area contributed by atoms with E-state index in [1.807, 2.05) is 0 Å². The van der Waals surface area contributed by atoms with Gasteiger partial charge in [-0.05, 0) is 36.2 Å². The monoisotopic (exact) mass is 350 g/mol. The molecule has 0 atom stereocenters. The second-order valence-corrected chi connectivity index (χ2v) is 5.37. The van der Waals surface area contributed by atoms with Crippen LogP contribution >= 0.6 is 11.6 Å². The first-order valence-electron chi connectivity index (χ1n) is 7.17. The Kier molecular flexibility index (Phi) is 6.14. The molecule has 2 amide bonds. The second kappa shape index (κ2) is 8.31. The van der Waals surface area contributed by atoms with Crippen molar-refractivity contribution in [2.75, 3.05) is 7.11 Å². The van der Waals surface area contributed by atoms with Gasteiger partial charge >= 0.3 is 0 Å². The number of methoxy groups -OCH3 is 1. The van der Waals surface area contributed by atoms with Crippen molar-refractivity contribution in [1.82, 2.24) is 10.9 Å². The predicted octanol–water partition coefficient (Wildman–Crippen LogP) is 2.88. The number of hydrazine groups is 1. The molecule has 5 nitrogen and oxygen atoms in total. The van der Waals surface area contributed by atoms with E-state index in [-0.39, 0.29) is 24.2 Å². The van der Waals surface area contributed by atoms with E-state index in [2.05, 4.69) is 10.9 Å². The second-order valence-electron chi connectivity index (χ2n) is 4.94. The van der Waals surface area contributed by atoms with Crippen molar-refractivity contribution < 1.29 is 18.7 Å². The summed E-state index contributed by atoms with van der Waals surface area (Å²) in [4.78, 5) is 23.8.